The molecule has 0 bridgehead atoms. The molecule has 0 aliphatic carbocycles. The number of carbonyl (C=O) groups excluding carboxylic acids is 5. The van der Waals surface area contributed by atoms with E-state index >= 15 is 0 Å². The lowest BCUT2D eigenvalue weighted by molar-refractivity contribution is -0.142. The molecule has 5 amide bonds. The minimum Gasteiger partial charge on any atom is -0.481 e. The third-order valence-corrected chi connectivity index (χ3v) is 8.09. The fraction of sp³-hybridized carbons (Fsp3) is 0.800. The van der Waals surface area contributed by atoms with E-state index in [0.717, 1.165) is 57.8 Å². The molecule has 0 saturated heterocycles. The molecular formula is C35H62BrN5O13. The van der Waals surface area contributed by atoms with Crippen LogP contribution in [0.3, 0.4) is 0 Å². The molecule has 1 atom stereocenters. The summed E-state index contributed by atoms with van der Waals surface area (Å²) in [6.45, 7) is 2.03. The number of aliphatic carboxylic acids is 2. The van der Waals surface area contributed by atoms with Gasteiger partial charge in [0.05, 0.1) is 45.0 Å². The first kappa shape index (κ1) is 50.6. The van der Waals surface area contributed by atoms with Gasteiger partial charge in [-0.1, -0.05) is 67.3 Å². The molecule has 0 aliphatic heterocycles. The fourth-order valence-corrected chi connectivity index (χ4v) is 4.91. The quantitative estimate of drug-likeness (QED) is 0.0339. The average molecular weight is 841 g/mol. The van der Waals surface area contributed by atoms with Crippen molar-refractivity contribution in [3.8, 4) is 0 Å². The molecule has 0 saturated carbocycles. The predicted molar refractivity (Wildman–Crippen MR) is 201 cm³/mol. The number of nitrogens with one attached hydrogen (secondary N) is 5. The number of halogens is 1. The summed E-state index contributed by atoms with van der Waals surface area (Å²) in [6.07, 6.45) is 9.97. The van der Waals surface area contributed by atoms with Gasteiger partial charge in [0.25, 0.3) is 0 Å². The number of carbonyl (C=O) groups is 7. The second-order valence-electron chi connectivity index (χ2n) is 12.3. The van der Waals surface area contributed by atoms with E-state index in [4.69, 9.17) is 24.1 Å². The molecule has 0 aromatic rings. The standard InChI is InChI=1S/C35H62BrN5O13/c36-25-31(44)37-15-16-38-32(45)26-53-23-22-52-20-18-40-33(46)27-54-24-21-51-19-17-39-29(42)14-13-28(35(49)50)41-30(43)11-9-7-5-3-1-2-4-6-8-10-12-34(47)48/h28H,1-27H2,(H,37,44)(H,38,45)(H,39,42)(H,40,46)(H,41,43)(H,47,48)(H,49,50)/t28-/m0/s1. The lowest BCUT2D eigenvalue weighted by Gasteiger charge is -2.14. The summed E-state index contributed by atoms with van der Waals surface area (Å²) in [7, 11) is 0. The van der Waals surface area contributed by atoms with Crippen molar-refractivity contribution in [1.29, 1.82) is 0 Å². The molecule has 0 rings (SSSR count). The largest absolute Gasteiger partial charge is 0.481 e. The maximum absolute atomic E-state index is 12.2. The molecule has 0 fully saturated rings. The van der Waals surface area contributed by atoms with Crippen LogP contribution in [0.5, 0.6) is 0 Å². The summed E-state index contributed by atoms with van der Waals surface area (Å²) in [5.74, 6) is -3.46. The molecule has 312 valence electrons. The van der Waals surface area contributed by atoms with Gasteiger partial charge in [0, 0.05) is 45.4 Å². The van der Waals surface area contributed by atoms with Crippen molar-refractivity contribution < 1.29 is 62.7 Å². The van der Waals surface area contributed by atoms with Gasteiger partial charge >= 0.3 is 11.9 Å². The van der Waals surface area contributed by atoms with Gasteiger partial charge in [-0.3, -0.25) is 28.8 Å². The zero-order valence-corrected chi connectivity index (χ0v) is 33.0. The van der Waals surface area contributed by atoms with Gasteiger partial charge in [0.2, 0.25) is 29.5 Å². The van der Waals surface area contributed by atoms with E-state index < -0.39 is 18.0 Å². The molecule has 0 radical (unpaired) electrons. The zero-order valence-electron chi connectivity index (χ0n) is 31.4. The third-order valence-electron chi connectivity index (χ3n) is 7.58. The lowest BCUT2D eigenvalue weighted by atomic mass is 10.0. The zero-order chi connectivity index (χ0) is 40.1. The Kier molecular flexibility index (Phi) is 34.3. The Morgan fingerprint density at radius 1 is 0.463 bits per heavy atom. The van der Waals surface area contributed by atoms with Crippen molar-refractivity contribution in [2.45, 2.75) is 95.9 Å². The van der Waals surface area contributed by atoms with Crippen molar-refractivity contribution in [3.63, 3.8) is 0 Å². The number of hydrogen-bond donors (Lipinski definition) is 7. The fourth-order valence-electron chi connectivity index (χ4n) is 4.71. The smallest absolute Gasteiger partial charge is 0.326 e. The van der Waals surface area contributed by atoms with Crippen LogP contribution >= 0.6 is 15.9 Å². The van der Waals surface area contributed by atoms with Crippen LogP contribution in [0.1, 0.15) is 89.9 Å². The highest BCUT2D eigenvalue weighted by Gasteiger charge is 2.20. The molecule has 0 aliphatic rings. The maximum Gasteiger partial charge on any atom is 0.326 e. The summed E-state index contributed by atoms with van der Waals surface area (Å²) in [6, 6.07) is -1.15. The normalized spacial score (nSPS) is 11.4. The van der Waals surface area contributed by atoms with Gasteiger partial charge in [-0.05, 0) is 19.3 Å². The maximum atomic E-state index is 12.2. The highest BCUT2D eigenvalue weighted by Crippen LogP contribution is 2.12. The topological polar surface area (TPSA) is 257 Å². The summed E-state index contributed by atoms with van der Waals surface area (Å²) in [4.78, 5) is 80.9. The van der Waals surface area contributed by atoms with Crippen LogP contribution in [0.15, 0.2) is 0 Å². The first-order valence-electron chi connectivity index (χ1n) is 18.7. The molecular weight excluding hydrogens is 778 g/mol. The Morgan fingerprint density at radius 2 is 0.889 bits per heavy atom. The van der Waals surface area contributed by atoms with Crippen LogP contribution in [0, 0.1) is 0 Å². The summed E-state index contributed by atoms with van der Waals surface area (Å²) < 4.78 is 21.1. The minimum absolute atomic E-state index is 0.0382. The van der Waals surface area contributed by atoms with E-state index in [-0.39, 0.29) is 126 Å². The number of carboxylic acids is 2. The summed E-state index contributed by atoms with van der Waals surface area (Å²) in [5, 5.41) is 31.3. The average Bonchev–Trinajstić information content (AvgIpc) is 3.13. The van der Waals surface area contributed by atoms with Gasteiger partial charge in [-0.15, -0.1) is 0 Å². The lowest BCUT2D eigenvalue weighted by Crippen LogP contribution is -2.41. The van der Waals surface area contributed by atoms with E-state index in [1.54, 1.807) is 0 Å². The van der Waals surface area contributed by atoms with E-state index in [1.807, 2.05) is 0 Å². The van der Waals surface area contributed by atoms with Crippen molar-refractivity contribution in [1.82, 2.24) is 26.6 Å². The first-order valence-corrected chi connectivity index (χ1v) is 19.8. The number of hydrogen-bond acceptors (Lipinski definition) is 11. The van der Waals surface area contributed by atoms with Crippen molar-refractivity contribution in [2.24, 2.45) is 0 Å². The summed E-state index contributed by atoms with van der Waals surface area (Å²) in [5.41, 5.74) is 0. The van der Waals surface area contributed by atoms with Gasteiger partial charge in [0.15, 0.2) is 0 Å². The van der Waals surface area contributed by atoms with Crippen molar-refractivity contribution >= 4 is 57.4 Å². The SMILES string of the molecule is O=C(O)CCCCCCCCCCCCC(=O)N[C@@H](CCC(=O)NCCOCCOCC(=O)NCCOCCOCC(=O)NCCNC(=O)CBr)C(=O)O. The summed E-state index contributed by atoms with van der Waals surface area (Å²) >= 11 is 3.02. The van der Waals surface area contributed by atoms with Crippen molar-refractivity contribution in [3.05, 3.63) is 0 Å². The minimum atomic E-state index is -1.20. The molecule has 19 heteroatoms. The predicted octanol–water partition coefficient (Wildman–Crippen LogP) is 1.03. The van der Waals surface area contributed by atoms with Crippen LogP contribution in [-0.2, 0) is 52.5 Å². The Bertz CT molecular complexity index is 1070. The number of carboxylic acid groups (broad SMARTS) is 2. The molecule has 54 heavy (non-hydrogen) atoms. The molecule has 0 unspecified atom stereocenters. The second-order valence-corrected chi connectivity index (χ2v) is 12.9. The number of alkyl halides is 1. The van der Waals surface area contributed by atoms with Gasteiger partial charge < -0.3 is 55.7 Å². The number of amides is 5. The number of rotatable bonds is 38. The third kappa shape index (κ3) is 35.6. The Morgan fingerprint density at radius 3 is 1.37 bits per heavy atom. The molecule has 7 N–H and O–H groups in total. The van der Waals surface area contributed by atoms with E-state index in [1.165, 1.54) is 0 Å². The van der Waals surface area contributed by atoms with Crippen LogP contribution in [0.2, 0.25) is 0 Å². The Labute approximate surface area is 326 Å². The number of ether oxygens (including phenoxy) is 4. The van der Waals surface area contributed by atoms with E-state index in [9.17, 15) is 38.7 Å². The van der Waals surface area contributed by atoms with Crippen LogP contribution < -0.4 is 26.6 Å². The van der Waals surface area contributed by atoms with Crippen LogP contribution in [-0.4, -0.2) is 142 Å². The molecule has 0 spiro atoms. The van der Waals surface area contributed by atoms with Crippen molar-refractivity contribution in [2.75, 3.05) is 84.4 Å². The molecule has 0 heterocycles. The van der Waals surface area contributed by atoms with Gasteiger partial charge in [-0.25, -0.2) is 4.79 Å². The monoisotopic (exact) mass is 839 g/mol. The van der Waals surface area contributed by atoms with E-state index in [0.29, 0.717) is 19.5 Å². The van der Waals surface area contributed by atoms with Gasteiger partial charge in [-0.2, -0.15) is 0 Å². The second kappa shape index (κ2) is 36.6. The Balaban J connectivity index is 3.67. The van der Waals surface area contributed by atoms with Gasteiger partial charge in [0.1, 0.15) is 19.3 Å². The van der Waals surface area contributed by atoms with E-state index in [2.05, 4.69) is 42.5 Å². The number of unbranched alkanes of at least 4 members (excludes halogenated alkanes) is 9. The molecule has 18 nitrogen and oxygen atoms in total. The Hall–Kier alpha value is -3.39. The van der Waals surface area contributed by atoms with Crippen LogP contribution in [0.4, 0.5) is 0 Å². The first-order chi connectivity index (χ1) is 26.0. The highest BCUT2D eigenvalue weighted by atomic mass is 79.9. The molecule has 0 aromatic heterocycles. The highest BCUT2D eigenvalue weighted by molar-refractivity contribution is 9.09. The molecule has 0 aromatic carbocycles. The van der Waals surface area contributed by atoms with Crippen LogP contribution in [0.25, 0.3) is 0 Å².